The van der Waals surface area contributed by atoms with Crippen LogP contribution in [0.1, 0.15) is 10.4 Å². The van der Waals surface area contributed by atoms with Crippen molar-refractivity contribution in [2.45, 2.75) is 18.5 Å². The van der Waals surface area contributed by atoms with Crippen molar-refractivity contribution in [2.75, 3.05) is 0 Å². The third-order valence-electron chi connectivity index (χ3n) is 1.94. The van der Waals surface area contributed by atoms with Crippen LogP contribution >= 0.6 is 0 Å². The second-order valence-electron chi connectivity index (χ2n) is 3.38. The zero-order chi connectivity index (χ0) is 14.8. The van der Waals surface area contributed by atoms with Crippen LogP contribution in [0.5, 0.6) is 5.75 Å². The highest BCUT2D eigenvalue weighted by Crippen LogP contribution is 2.37. The van der Waals surface area contributed by atoms with Crippen LogP contribution in [0.3, 0.4) is 0 Å². The molecule has 106 valence electrons. The van der Waals surface area contributed by atoms with Gasteiger partial charge in [0, 0.05) is 0 Å². The fourth-order valence-corrected chi connectivity index (χ4v) is 1.16. The van der Waals surface area contributed by atoms with E-state index in [2.05, 4.69) is 4.74 Å². The van der Waals surface area contributed by atoms with Crippen molar-refractivity contribution in [3.05, 3.63) is 29.6 Å². The van der Waals surface area contributed by atoms with Crippen LogP contribution in [-0.2, 0) is 0 Å². The molecule has 1 aromatic rings. The molecule has 9 heteroatoms. The minimum absolute atomic E-state index is 0.109. The van der Waals surface area contributed by atoms with E-state index in [1.54, 1.807) is 0 Å². The van der Waals surface area contributed by atoms with E-state index < -0.39 is 35.6 Å². The summed E-state index contributed by atoms with van der Waals surface area (Å²) in [5, 5.41) is 0. The summed E-state index contributed by atoms with van der Waals surface area (Å²) in [6.45, 7) is 0. The Kier molecular flexibility index (Phi) is 4.06. The normalized spacial score (nSPS) is 12.6. The van der Waals surface area contributed by atoms with Crippen LogP contribution in [0.2, 0.25) is 0 Å². The fourth-order valence-electron chi connectivity index (χ4n) is 1.16. The van der Waals surface area contributed by atoms with Gasteiger partial charge in [-0.3, -0.25) is 4.79 Å². The molecule has 0 unspecified atom stereocenters. The predicted octanol–water partition coefficient (Wildman–Crippen LogP) is 3.51. The van der Waals surface area contributed by atoms with Crippen LogP contribution in [0.25, 0.3) is 0 Å². The summed E-state index contributed by atoms with van der Waals surface area (Å²) < 4.78 is 89.7. The van der Waals surface area contributed by atoms with E-state index in [0.29, 0.717) is 18.2 Å². The van der Waals surface area contributed by atoms with Crippen LogP contribution in [-0.4, -0.2) is 24.7 Å². The summed E-state index contributed by atoms with van der Waals surface area (Å²) in [5.74, 6) is -2.00. The smallest absolute Gasteiger partial charge is 0.434 e. The molecule has 1 rings (SSSR count). The molecule has 2 nitrogen and oxygen atoms in total. The van der Waals surface area contributed by atoms with Crippen molar-refractivity contribution in [1.29, 1.82) is 0 Å². The van der Waals surface area contributed by atoms with Crippen molar-refractivity contribution in [2.24, 2.45) is 0 Å². The van der Waals surface area contributed by atoms with Crippen molar-refractivity contribution in [3.8, 4) is 5.75 Å². The molecule has 1 aromatic carbocycles. The minimum atomic E-state index is -5.72. The van der Waals surface area contributed by atoms with Crippen molar-refractivity contribution in [3.63, 3.8) is 0 Å². The molecule has 0 aliphatic carbocycles. The van der Waals surface area contributed by atoms with Gasteiger partial charge in [-0.1, -0.05) is 0 Å². The van der Waals surface area contributed by atoms with Gasteiger partial charge in [0.25, 0.3) is 6.10 Å². The number of hydrogen-bond donors (Lipinski definition) is 0. The van der Waals surface area contributed by atoms with Crippen LogP contribution in [0, 0.1) is 5.82 Å². The molecule has 0 heterocycles. The predicted molar refractivity (Wildman–Crippen MR) is 48.3 cm³/mol. The Morgan fingerprint density at radius 3 is 2.00 bits per heavy atom. The zero-order valence-corrected chi connectivity index (χ0v) is 8.85. The van der Waals surface area contributed by atoms with Gasteiger partial charge in [-0.15, -0.1) is 0 Å². The van der Waals surface area contributed by atoms with Crippen molar-refractivity contribution in [1.82, 2.24) is 0 Å². The van der Waals surface area contributed by atoms with Crippen LogP contribution < -0.4 is 4.74 Å². The first-order chi connectivity index (χ1) is 8.55. The van der Waals surface area contributed by atoms with Gasteiger partial charge in [-0.05, 0) is 18.2 Å². The third kappa shape index (κ3) is 3.83. The molecule has 0 bridgehead atoms. The van der Waals surface area contributed by atoms with E-state index in [-0.39, 0.29) is 6.29 Å². The molecule has 0 N–H and O–H groups in total. The summed E-state index contributed by atoms with van der Waals surface area (Å²) in [4.78, 5) is 10.5. The second-order valence-corrected chi connectivity index (χ2v) is 3.38. The maximum atomic E-state index is 12.7. The maximum absolute atomic E-state index is 12.7. The summed E-state index contributed by atoms with van der Waals surface area (Å²) in [6.07, 6.45) is -15.6. The number of alkyl halides is 6. The van der Waals surface area contributed by atoms with Gasteiger partial charge in [-0.25, -0.2) is 4.39 Å². The maximum Gasteiger partial charge on any atom is 0.434 e. The third-order valence-corrected chi connectivity index (χ3v) is 1.94. The number of rotatable bonds is 3. The Labute approximate surface area is 101 Å². The van der Waals surface area contributed by atoms with Crippen molar-refractivity contribution >= 4 is 6.29 Å². The highest BCUT2D eigenvalue weighted by atomic mass is 19.4. The highest BCUT2D eigenvalue weighted by molar-refractivity contribution is 5.79. The van der Waals surface area contributed by atoms with Gasteiger partial charge in [0.2, 0.25) is 0 Å². The van der Waals surface area contributed by atoms with Gasteiger partial charge < -0.3 is 4.74 Å². The van der Waals surface area contributed by atoms with E-state index >= 15 is 0 Å². The van der Waals surface area contributed by atoms with Gasteiger partial charge in [-0.2, -0.15) is 26.3 Å². The van der Waals surface area contributed by atoms with Gasteiger partial charge >= 0.3 is 12.4 Å². The van der Waals surface area contributed by atoms with E-state index in [1.807, 2.05) is 0 Å². The molecule has 0 aliphatic heterocycles. The van der Waals surface area contributed by atoms with Gasteiger partial charge in [0.05, 0.1) is 5.56 Å². The Morgan fingerprint density at radius 1 is 1.05 bits per heavy atom. The summed E-state index contributed by atoms with van der Waals surface area (Å²) in [6, 6.07) is 1.56. The Hall–Kier alpha value is -1.80. The van der Waals surface area contributed by atoms with Gasteiger partial charge in [0.1, 0.15) is 11.6 Å². The molecule has 0 spiro atoms. The SMILES string of the molecule is O=Cc1cc(F)ccc1OC(C(F)(F)F)C(F)(F)F. The number of carbonyl (C=O) groups excluding carboxylic acids is 1. The molecule has 0 saturated carbocycles. The number of ether oxygens (including phenoxy) is 1. The first kappa shape index (κ1) is 15.3. The Morgan fingerprint density at radius 2 is 1.58 bits per heavy atom. The summed E-state index contributed by atoms with van der Waals surface area (Å²) in [7, 11) is 0. The molecule has 0 fully saturated rings. The molecule has 0 radical (unpaired) electrons. The largest absolute Gasteiger partial charge is 0.471 e. The zero-order valence-electron chi connectivity index (χ0n) is 8.85. The van der Waals surface area contributed by atoms with Crippen LogP contribution in [0.15, 0.2) is 18.2 Å². The molecule has 0 atom stereocenters. The Bertz CT molecular complexity index is 450. The number of hydrogen-bond acceptors (Lipinski definition) is 2. The standard InChI is InChI=1S/C10H5F7O2/c11-6-1-2-7(5(3-6)4-18)19-8(9(12,13)14)10(15,16)17/h1-4,8H. The number of halogens is 7. The molecule has 0 saturated heterocycles. The van der Waals surface area contributed by atoms with E-state index in [4.69, 9.17) is 0 Å². The average molecular weight is 290 g/mol. The molecule has 0 amide bonds. The monoisotopic (exact) mass is 290 g/mol. The van der Waals surface area contributed by atoms with Crippen molar-refractivity contribution < 1.29 is 40.3 Å². The molecule has 0 aliphatic rings. The second kappa shape index (κ2) is 5.06. The molecular formula is C10H5F7O2. The molecular weight excluding hydrogens is 285 g/mol. The summed E-state index contributed by atoms with van der Waals surface area (Å²) >= 11 is 0. The lowest BCUT2D eigenvalue weighted by Crippen LogP contribution is -2.46. The fraction of sp³-hybridized carbons (Fsp3) is 0.300. The average Bonchev–Trinajstić information content (AvgIpc) is 2.23. The molecule has 0 aromatic heterocycles. The lowest BCUT2D eigenvalue weighted by Gasteiger charge is -2.24. The van der Waals surface area contributed by atoms with E-state index in [1.165, 1.54) is 0 Å². The number of carbonyl (C=O) groups is 1. The van der Waals surface area contributed by atoms with E-state index in [9.17, 15) is 35.5 Å². The molecule has 19 heavy (non-hydrogen) atoms. The first-order valence-corrected chi connectivity index (χ1v) is 4.60. The van der Waals surface area contributed by atoms with E-state index in [0.717, 1.165) is 0 Å². The topological polar surface area (TPSA) is 26.3 Å². The Balaban J connectivity index is 3.14. The highest BCUT2D eigenvalue weighted by Gasteiger charge is 2.59. The minimum Gasteiger partial charge on any atom is -0.471 e. The number of benzene rings is 1. The number of aldehydes is 1. The lowest BCUT2D eigenvalue weighted by atomic mass is 10.2. The van der Waals surface area contributed by atoms with Gasteiger partial charge in [0.15, 0.2) is 6.29 Å². The lowest BCUT2D eigenvalue weighted by molar-refractivity contribution is -0.299. The first-order valence-electron chi connectivity index (χ1n) is 4.60. The van der Waals surface area contributed by atoms with Crippen LogP contribution in [0.4, 0.5) is 30.7 Å². The quantitative estimate of drug-likeness (QED) is 0.629. The summed E-state index contributed by atoms with van der Waals surface area (Å²) in [5.41, 5.74) is -0.751.